The number of carbonyl (C=O) groups is 1. The Labute approximate surface area is 107 Å². The number of H-pyrrole nitrogens is 1. The van der Waals surface area contributed by atoms with E-state index in [1.807, 2.05) is 6.20 Å². The molecule has 2 aliphatic carbocycles. The van der Waals surface area contributed by atoms with Crippen LogP contribution in [-0.4, -0.2) is 28.7 Å². The van der Waals surface area contributed by atoms with Gasteiger partial charge in [-0.25, -0.2) is 0 Å². The molecule has 1 amide bonds. The lowest BCUT2D eigenvalue weighted by Crippen LogP contribution is -2.42. The van der Waals surface area contributed by atoms with Crippen molar-refractivity contribution in [1.82, 2.24) is 15.5 Å². The lowest BCUT2D eigenvalue weighted by atomic mass is 9.87. The molecule has 1 aromatic heterocycles. The summed E-state index contributed by atoms with van der Waals surface area (Å²) < 4.78 is 0. The molecule has 1 heterocycles. The van der Waals surface area contributed by atoms with E-state index in [0.717, 1.165) is 25.0 Å². The first-order valence-electron chi connectivity index (χ1n) is 6.78. The Balaban J connectivity index is 1.51. The molecule has 0 bridgehead atoms. The number of amides is 1. The molecular formula is C13H20N4O. The fourth-order valence-corrected chi connectivity index (χ4v) is 2.69. The number of aromatic nitrogens is 2. The van der Waals surface area contributed by atoms with Crippen molar-refractivity contribution in [2.45, 2.75) is 38.1 Å². The molecule has 0 spiro atoms. The van der Waals surface area contributed by atoms with Crippen LogP contribution in [0.2, 0.25) is 0 Å². The molecule has 98 valence electrons. The highest BCUT2D eigenvalue weighted by molar-refractivity contribution is 5.79. The molecule has 0 saturated heterocycles. The molecule has 18 heavy (non-hydrogen) atoms. The Morgan fingerprint density at radius 3 is 3.17 bits per heavy atom. The van der Waals surface area contributed by atoms with Crippen LogP contribution in [0, 0.1) is 11.8 Å². The quantitative estimate of drug-likeness (QED) is 0.719. The third-order valence-corrected chi connectivity index (χ3v) is 4.13. The largest absolute Gasteiger partial charge is 0.354 e. The molecule has 0 aromatic carbocycles. The van der Waals surface area contributed by atoms with Crippen molar-refractivity contribution in [3.63, 3.8) is 0 Å². The third-order valence-electron chi connectivity index (χ3n) is 4.13. The van der Waals surface area contributed by atoms with Crippen LogP contribution in [0.3, 0.4) is 0 Å². The molecule has 1 saturated carbocycles. The predicted molar refractivity (Wildman–Crippen MR) is 67.8 cm³/mol. The molecule has 2 unspecified atom stereocenters. The van der Waals surface area contributed by atoms with Gasteiger partial charge in [0.05, 0.1) is 6.20 Å². The van der Waals surface area contributed by atoms with Crippen molar-refractivity contribution in [3.8, 4) is 0 Å². The van der Waals surface area contributed by atoms with Crippen LogP contribution < -0.4 is 11.1 Å². The highest BCUT2D eigenvalue weighted by Crippen LogP contribution is 2.31. The number of fused-ring (bicyclic) bond motifs is 1. The highest BCUT2D eigenvalue weighted by Gasteiger charge is 2.30. The van der Waals surface area contributed by atoms with Crippen LogP contribution in [0.25, 0.3) is 0 Å². The summed E-state index contributed by atoms with van der Waals surface area (Å²) in [7, 11) is 0. The van der Waals surface area contributed by atoms with Crippen molar-refractivity contribution >= 4 is 5.91 Å². The van der Waals surface area contributed by atoms with E-state index in [1.165, 1.54) is 18.4 Å². The van der Waals surface area contributed by atoms with Crippen LogP contribution in [0.1, 0.15) is 30.5 Å². The van der Waals surface area contributed by atoms with E-state index in [-0.39, 0.29) is 17.9 Å². The van der Waals surface area contributed by atoms with Crippen molar-refractivity contribution < 1.29 is 4.79 Å². The number of aryl methyl sites for hydroxylation is 1. The minimum atomic E-state index is 0.0735. The van der Waals surface area contributed by atoms with E-state index < -0.39 is 0 Å². The Bertz CT molecular complexity index is 438. The first kappa shape index (κ1) is 11.7. The molecule has 1 aromatic rings. The van der Waals surface area contributed by atoms with E-state index in [9.17, 15) is 4.79 Å². The second-order valence-corrected chi connectivity index (χ2v) is 5.56. The van der Waals surface area contributed by atoms with Crippen molar-refractivity contribution in [3.05, 3.63) is 17.5 Å². The van der Waals surface area contributed by atoms with Gasteiger partial charge in [0, 0.05) is 30.6 Å². The summed E-state index contributed by atoms with van der Waals surface area (Å²) in [4.78, 5) is 12.1. The van der Waals surface area contributed by atoms with Crippen LogP contribution >= 0.6 is 0 Å². The van der Waals surface area contributed by atoms with Gasteiger partial charge in [0.2, 0.25) is 5.91 Å². The molecule has 5 nitrogen and oxygen atoms in total. The topological polar surface area (TPSA) is 83.8 Å². The van der Waals surface area contributed by atoms with E-state index in [2.05, 4.69) is 15.5 Å². The number of hydrogen-bond donors (Lipinski definition) is 3. The number of carbonyl (C=O) groups excluding carboxylic acids is 1. The third kappa shape index (κ3) is 2.41. The van der Waals surface area contributed by atoms with Gasteiger partial charge in [-0.2, -0.15) is 5.10 Å². The van der Waals surface area contributed by atoms with Crippen molar-refractivity contribution in [2.75, 3.05) is 6.54 Å². The molecule has 4 N–H and O–H groups in total. The summed E-state index contributed by atoms with van der Waals surface area (Å²) in [5.74, 6) is 0.853. The molecule has 3 rings (SSSR count). The smallest absolute Gasteiger partial charge is 0.223 e. The molecule has 1 fully saturated rings. The number of hydrogen-bond acceptors (Lipinski definition) is 3. The molecular weight excluding hydrogens is 228 g/mol. The highest BCUT2D eigenvalue weighted by atomic mass is 16.1. The predicted octanol–water partition coefficient (Wildman–Crippen LogP) is 0.368. The lowest BCUT2D eigenvalue weighted by Gasteiger charge is -2.22. The number of nitrogens with one attached hydrogen (secondary N) is 2. The average molecular weight is 248 g/mol. The summed E-state index contributed by atoms with van der Waals surface area (Å²) in [6.07, 6.45) is 6.94. The second-order valence-electron chi connectivity index (χ2n) is 5.56. The lowest BCUT2D eigenvalue weighted by molar-refractivity contribution is -0.125. The number of rotatable bonds is 4. The number of nitrogens with zero attached hydrogens (tertiary/aromatic N) is 1. The summed E-state index contributed by atoms with van der Waals surface area (Å²) in [6, 6.07) is 0.139. The fraction of sp³-hybridized carbons (Fsp3) is 0.692. The van der Waals surface area contributed by atoms with Gasteiger partial charge in [0.1, 0.15) is 0 Å². The molecule has 0 aliphatic heterocycles. The zero-order chi connectivity index (χ0) is 12.5. The second kappa shape index (κ2) is 4.72. The summed E-state index contributed by atoms with van der Waals surface area (Å²) in [5.41, 5.74) is 8.36. The Hall–Kier alpha value is -1.36. The van der Waals surface area contributed by atoms with Gasteiger partial charge in [-0.05, 0) is 37.2 Å². The summed E-state index contributed by atoms with van der Waals surface area (Å²) >= 11 is 0. The van der Waals surface area contributed by atoms with Crippen LogP contribution in [0.15, 0.2) is 6.20 Å². The van der Waals surface area contributed by atoms with E-state index in [4.69, 9.17) is 5.73 Å². The SMILES string of the molecule is NC(CNC(=O)C1CCc2cn[nH]c2C1)C1CC1. The van der Waals surface area contributed by atoms with Gasteiger partial charge in [0.15, 0.2) is 0 Å². The zero-order valence-corrected chi connectivity index (χ0v) is 10.5. The Kier molecular flexibility index (Phi) is 3.07. The Morgan fingerprint density at radius 1 is 1.56 bits per heavy atom. The number of aromatic amines is 1. The monoisotopic (exact) mass is 248 g/mol. The van der Waals surface area contributed by atoms with Crippen LogP contribution in [0.4, 0.5) is 0 Å². The first-order valence-corrected chi connectivity index (χ1v) is 6.78. The minimum absolute atomic E-state index is 0.0735. The fourth-order valence-electron chi connectivity index (χ4n) is 2.69. The van der Waals surface area contributed by atoms with Crippen molar-refractivity contribution in [2.24, 2.45) is 17.6 Å². The normalized spacial score (nSPS) is 24.4. The summed E-state index contributed by atoms with van der Waals surface area (Å²) in [6.45, 7) is 0.621. The van der Waals surface area contributed by atoms with Gasteiger partial charge in [0.25, 0.3) is 0 Å². The van der Waals surface area contributed by atoms with Gasteiger partial charge in [-0.3, -0.25) is 9.89 Å². The van der Waals surface area contributed by atoms with Crippen LogP contribution in [0.5, 0.6) is 0 Å². The van der Waals surface area contributed by atoms with Gasteiger partial charge in [-0.15, -0.1) is 0 Å². The summed E-state index contributed by atoms with van der Waals surface area (Å²) in [5, 5.41) is 10.0. The number of nitrogens with two attached hydrogens (primary N) is 1. The van der Waals surface area contributed by atoms with E-state index >= 15 is 0 Å². The average Bonchev–Trinajstić information content (AvgIpc) is 3.13. The standard InChI is InChI=1S/C13H20N4O/c14-11(8-1-2-8)7-15-13(18)9-3-4-10-6-16-17-12(10)5-9/h6,8-9,11H,1-5,7,14H2,(H,15,18)(H,16,17). The van der Waals surface area contributed by atoms with Gasteiger partial charge >= 0.3 is 0 Å². The maximum Gasteiger partial charge on any atom is 0.223 e. The molecule has 5 heteroatoms. The van der Waals surface area contributed by atoms with E-state index in [1.54, 1.807) is 0 Å². The maximum absolute atomic E-state index is 12.1. The van der Waals surface area contributed by atoms with E-state index in [0.29, 0.717) is 12.5 Å². The van der Waals surface area contributed by atoms with Crippen LogP contribution in [-0.2, 0) is 17.6 Å². The molecule has 2 aliphatic rings. The van der Waals surface area contributed by atoms with Gasteiger partial charge in [-0.1, -0.05) is 0 Å². The minimum Gasteiger partial charge on any atom is -0.354 e. The van der Waals surface area contributed by atoms with Gasteiger partial charge < -0.3 is 11.1 Å². The van der Waals surface area contributed by atoms with Crippen molar-refractivity contribution in [1.29, 1.82) is 0 Å². The molecule has 0 radical (unpaired) electrons. The maximum atomic E-state index is 12.1. The Morgan fingerprint density at radius 2 is 2.39 bits per heavy atom. The zero-order valence-electron chi connectivity index (χ0n) is 10.5. The molecule has 2 atom stereocenters. The first-order chi connectivity index (χ1) is 8.74.